The van der Waals surface area contributed by atoms with Crippen LogP contribution in [0.25, 0.3) is 16.4 Å². The van der Waals surface area contributed by atoms with Gasteiger partial charge in [-0.05, 0) is 17.5 Å². The second-order valence-corrected chi connectivity index (χ2v) is 8.30. The number of aromatic nitrogens is 6. The number of carbonyl (C=O) groups excluding carboxylic acids is 1. The molecule has 0 atom stereocenters. The van der Waals surface area contributed by atoms with Gasteiger partial charge in [-0.1, -0.05) is 6.07 Å². The maximum atomic E-state index is 12.5. The van der Waals surface area contributed by atoms with E-state index in [1.54, 1.807) is 34.5 Å². The molecule has 162 valence electrons. The van der Waals surface area contributed by atoms with E-state index in [1.807, 2.05) is 34.7 Å². The fourth-order valence-corrected chi connectivity index (χ4v) is 4.16. The number of hydrogen-bond acceptors (Lipinski definition) is 8. The fourth-order valence-electron chi connectivity index (χ4n) is 3.47. The van der Waals surface area contributed by atoms with Crippen molar-refractivity contribution in [3.8, 4) is 16.4 Å². The molecule has 10 nitrogen and oxygen atoms in total. The predicted octanol–water partition coefficient (Wildman–Crippen LogP) is 1.20. The molecule has 1 N–H and O–H groups in total. The van der Waals surface area contributed by atoms with E-state index in [0.29, 0.717) is 26.2 Å². The van der Waals surface area contributed by atoms with Crippen LogP contribution in [0.1, 0.15) is 0 Å². The third-order valence-electron chi connectivity index (χ3n) is 5.25. The first-order chi connectivity index (χ1) is 15.7. The van der Waals surface area contributed by atoms with Gasteiger partial charge in [-0.15, -0.1) is 11.3 Å². The molecule has 0 aliphatic carbocycles. The zero-order chi connectivity index (χ0) is 21.9. The van der Waals surface area contributed by atoms with Crippen molar-refractivity contribution in [2.75, 3.05) is 24.5 Å². The van der Waals surface area contributed by atoms with Crippen molar-refractivity contribution < 1.29 is 4.79 Å². The predicted molar refractivity (Wildman–Crippen MR) is 120 cm³/mol. The molecule has 0 saturated carbocycles. The van der Waals surface area contributed by atoms with Crippen LogP contribution in [0.2, 0.25) is 0 Å². The first kappa shape index (κ1) is 20.1. The summed E-state index contributed by atoms with van der Waals surface area (Å²) in [6.45, 7) is 1.82. The molecule has 0 aromatic carbocycles. The minimum Gasteiger partial charge on any atom is -0.355 e. The molecule has 1 aliphatic rings. The van der Waals surface area contributed by atoms with Crippen LogP contribution in [0.15, 0.2) is 65.6 Å². The summed E-state index contributed by atoms with van der Waals surface area (Å²) in [5.74, 6) is 1.34. The number of anilines is 1. The minimum absolute atomic E-state index is 0.0346. The lowest BCUT2D eigenvalue weighted by molar-refractivity contribution is -0.125. The van der Waals surface area contributed by atoms with Crippen molar-refractivity contribution >= 4 is 23.1 Å². The maximum absolute atomic E-state index is 12.5. The Labute approximate surface area is 187 Å². The van der Waals surface area contributed by atoms with E-state index in [1.165, 1.54) is 17.1 Å². The maximum Gasteiger partial charge on any atom is 0.266 e. The van der Waals surface area contributed by atoms with Crippen LogP contribution in [0.4, 0.5) is 5.82 Å². The Kier molecular flexibility index (Phi) is 5.46. The van der Waals surface area contributed by atoms with E-state index < -0.39 is 0 Å². The molecule has 1 fully saturated rings. The lowest BCUT2D eigenvalue weighted by atomic mass is 9.99. The summed E-state index contributed by atoms with van der Waals surface area (Å²) in [6, 6.07) is 9.00. The molecule has 1 aliphatic heterocycles. The van der Waals surface area contributed by atoms with Crippen molar-refractivity contribution in [1.29, 1.82) is 0 Å². The zero-order valence-corrected chi connectivity index (χ0v) is 17.9. The molecule has 0 spiro atoms. The average Bonchev–Trinajstić information content (AvgIpc) is 3.49. The van der Waals surface area contributed by atoms with Gasteiger partial charge in [-0.25, -0.2) is 19.6 Å². The van der Waals surface area contributed by atoms with E-state index in [2.05, 4.69) is 25.4 Å². The number of nitrogens with zero attached hydrogens (tertiary/aromatic N) is 7. The van der Waals surface area contributed by atoms with Crippen LogP contribution in [0, 0.1) is 5.92 Å². The van der Waals surface area contributed by atoms with Crippen molar-refractivity contribution in [2.24, 2.45) is 5.92 Å². The molecule has 4 aromatic rings. The smallest absolute Gasteiger partial charge is 0.266 e. The second kappa shape index (κ2) is 8.71. The van der Waals surface area contributed by atoms with Crippen LogP contribution in [0.3, 0.4) is 0 Å². The number of imidazole rings is 1. The van der Waals surface area contributed by atoms with Gasteiger partial charge in [0.1, 0.15) is 30.0 Å². The Morgan fingerprint density at radius 3 is 2.84 bits per heavy atom. The first-order valence-corrected chi connectivity index (χ1v) is 11.0. The number of carbonyl (C=O) groups is 1. The standard InChI is InChI=1S/C21H20N8O2S/c30-20-4-3-16(17-2-1-9-32-17)26-29(20)8-6-23-21(31)15-11-28(12-15)19-10-18(24-13-25-19)27-7-5-22-14-27/h1-5,7,9-10,13-15H,6,8,11-12H2,(H,23,31). The van der Waals surface area contributed by atoms with Gasteiger partial charge in [0, 0.05) is 44.2 Å². The summed E-state index contributed by atoms with van der Waals surface area (Å²) >= 11 is 1.57. The lowest BCUT2D eigenvalue weighted by Gasteiger charge is -2.39. The van der Waals surface area contributed by atoms with Gasteiger partial charge in [0.2, 0.25) is 5.91 Å². The molecule has 1 saturated heterocycles. The van der Waals surface area contributed by atoms with Crippen LogP contribution >= 0.6 is 11.3 Å². The van der Waals surface area contributed by atoms with Gasteiger partial charge < -0.3 is 10.2 Å². The van der Waals surface area contributed by atoms with Crippen molar-refractivity contribution in [2.45, 2.75) is 6.54 Å². The number of hydrogen-bond donors (Lipinski definition) is 1. The second-order valence-electron chi connectivity index (χ2n) is 7.35. The third-order valence-corrected chi connectivity index (χ3v) is 6.14. The van der Waals surface area contributed by atoms with E-state index in [4.69, 9.17) is 0 Å². The van der Waals surface area contributed by atoms with E-state index in [0.717, 1.165) is 22.2 Å². The first-order valence-electron chi connectivity index (χ1n) is 10.1. The highest BCUT2D eigenvalue weighted by molar-refractivity contribution is 7.13. The van der Waals surface area contributed by atoms with E-state index >= 15 is 0 Å². The van der Waals surface area contributed by atoms with Crippen LogP contribution in [-0.2, 0) is 11.3 Å². The van der Waals surface area contributed by atoms with Crippen molar-refractivity contribution in [1.82, 2.24) is 34.6 Å². The van der Waals surface area contributed by atoms with Crippen molar-refractivity contribution in [3.63, 3.8) is 0 Å². The molecule has 0 radical (unpaired) electrons. The quantitative estimate of drug-likeness (QED) is 0.452. The molecule has 0 unspecified atom stereocenters. The summed E-state index contributed by atoms with van der Waals surface area (Å²) in [7, 11) is 0. The van der Waals surface area contributed by atoms with Gasteiger partial charge in [-0.3, -0.25) is 14.2 Å². The van der Waals surface area contributed by atoms with E-state index in [9.17, 15) is 9.59 Å². The number of thiophene rings is 1. The molecule has 5 heterocycles. The third kappa shape index (κ3) is 4.14. The fraction of sp³-hybridized carbons (Fsp3) is 0.238. The van der Waals surface area contributed by atoms with E-state index in [-0.39, 0.29) is 17.4 Å². The molecule has 1 amide bonds. The summed E-state index contributed by atoms with van der Waals surface area (Å²) in [5, 5.41) is 9.29. The van der Waals surface area contributed by atoms with Gasteiger partial charge in [0.05, 0.1) is 17.3 Å². The molecule has 11 heteroatoms. The minimum atomic E-state index is -0.188. The Balaban J connectivity index is 1.13. The Morgan fingerprint density at radius 1 is 1.19 bits per heavy atom. The molecular weight excluding hydrogens is 428 g/mol. The average molecular weight is 449 g/mol. The highest BCUT2D eigenvalue weighted by Gasteiger charge is 2.33. The Morgan fingerprint density at radius 2 is 2.06 bits per heavy atom. The Hall–Kier alpha value is -3.86. The number of nitrogens with one attached hydrogen (secondary N) is 1. The lowest BCUT2D eigenvalue weighted by Crippen LogP contribution is -2.54. The van der Waals surface area contributed by atoms with Gasteiger partial charge in [0.25, 0.3) is 5.56 Å². The van der Waals surface area contributed by atoms with Crippen LogP contribution in [0.5, 0.6) is 0 Å². The highest BCUT2D eigenvalue weighted by Crippen LogP contribution is 2.24. The molecule has 32 heavy (non-hydrogen) atoms. The normalized spacial score (nSPS) is 13.7. The molecule has 5 rings (SSSR count). The summed E-state index contributed by atoms with van der Waals surface area (Å²) in [4.78, 5) is 40.2. The molecule has 0 bridgehead atoms. The molecular formula is C21H20N8O2S. The summed E-state index contributed by atoms with van der Waals surface area (Å²) < 4.78 is 3.19. The van der Waals surface area contributed by atoms with Crippen molar-refractivity contribution in [3.05, 3.63) is 71.1 Å². The number of rotatable bonds is 7. The monoisotopic (exact) mass is 448 g/mol. The summed E-state index contributed by atoms with van der Waals surface area (Å²) in [5.41, 5.74) is 0.562. The van der Waals surface area contributed by atoms with Crippen LogP contribution in [-0.4, -0.2) is 54.8 Å². The van der Waals surface area contributed by atoms with Gasteiger partial charge in [0.15, 0.2) is 0 Å². The zero-order valence-electron chi connectivity index (χ0n) is 17.0. The number of amides is 1. The highest BCUT2D eigenvalue weighted by atomic mass is 32.1. The SMILES string of the molecule is O=C(NCCn1nc(-c2cccs2)ccc1=O)C1CN(c2cc(-n3ccnc3)ncn2)C1. The van der Waals surface area contributed by atoms with Gasteiger partial charge >= 0.3 is 0 Å². The van der Waals surface area contributed by atoms with Gasteiger partial charge in [-0.2, -0.15) is 5.10 Å². The van der Waals surface area contributed by atoms with Crippen LogP contribution < -0.4 is 15.8 Å². The topological polar surface area (TPSA) is 111 Å². The largest absolute Gasteiger partial charge is 0.355 e. The Bertz CT molecular complexity index is 1260. The summed E-state index contributed by atoms with van der Waals surface area (Å²) in [6.07, 6.45) is 6.69. The molecule has 4 aromatic heterocycles.